The van der Waals surface area contributed by atoms with Crippen LogP contribution < -0.4 is 14.8 Å². The zero-order valence-electron chi connectivity index (χ0n) is 21.3. The Morgan fingerprint density at radius 1 is 1.16 bits per heavy atom. The summed E-state index contributed by atoms with van der Waals surface area (Å²) < 4.78 is 17.8. The second kappa shape index (κ2) is 12.1. The summed E-state index contributed by atoms with van der Waals surface area (Å²) in [5, 5.41) is 3.72. The van der Waals surface area contributed by atoms with E-state index < -0.39 is 0 Å². The van der Waals surface area contributed by atoms with Crippen LogP contribution in [-0.2, 0) is 4.74 Å². The second-order valence-electron chi connectivity index (χ2n) is 9.23. The van der Waals surface area contributed by atoms with Crippen LogP contribution in [0.5, 0.6) is 11.5 Å². The van der Waals surface area contributed by atoms with Crippen molar-refractivity contribution in [1.82, 2.24) is 15.0 Å². The van der Waals surface area contributed by atoms with Crippen molar-refractivity contribution in [3.8, 4) is 22.6 Å². The van der Waals surface area contributed by atoms with Crippen LogP contribution in [0.25, 0.3) is 21.3 Å². The molecule has 198 valence electrons. The average molecular weight is 553 g/mol. The fraction of sp³-hybridized carbons (Fsp3) is 0.357. The Hall–Kier alpha value is -3.27. The minimum Gasteiger partial charge on any atom is -0.494 e. The molecule has 0 atom stereocenters. The number of benzene rings is 1. The number of halogens is 1. The third kappa shape index (κ3) is 6.23. The summed E-state index contributed by atoms with van der Waals surface area (Å²) in [4.78, 5) is 26.4. The first-order valence-electron chi connectivity index (χ1n) is 12.6. The molecule has 38 heavy (non-hydrogen) atoms. The predicted octanol–water partition coefficient (Wildman–Crippen LogP) is 6.56. The molecule has 0 unspecified atom stereocenters. The van der Waals surface area contributed by atoms with Crippen LogP contribution in [0.4, 0.5) is 5.13 Å². The number of ether oxygens (including phenoxy) is 3. The minimum atomic E-state index is -0.328. The largest absolute Gasteiger partial charge is 0.494 e. The molecule has 1 saturated heterocycles. The van der Waals surface area contributed by atoms with Gasteiger partial charge in [-0.25, -0.2) is 9.97 Å². The highest BCUT2D eigenvalue weighted by Crippen LogP contribution is 2.35. The normalized spacial score (nSPS) is 14.0. The molecule has 0 aliphatic carbocycles. The van der Waals surface area contributed by atoms with Crippen LogP contribution in [-0.4, -0.2) is 47.8 Å². The number of hydrogen-bond donors (Lipinski definition) is 1. The SMILES string of the molecule is COc1cnc(Cl)cc1-c1cc(C)ncc1C(=O)Nc1nc2cc(OCCCC3CCOCC3)ccc2s1. The van der Waals surface area contributed by atoms with Gasteiger partial charge in [0.05, 0.1) is 35.7 Å². The zero-order valence-corrected chi connectivity index (χ0v) is 22.9. The molecule has 3 aromatic heterocycles. The van der Waals surface area contributed by atoms with Crippen molar-refractivity contribution in [2.24, 2.45) is 5.92 Å². The first-order valence-corrected chi connectivity index (χ1v) is 13.8. The van der Waals surface area contributed by atoms with Gasteiger partial charge in [0.2, 0.25) is 0 Å². The van der Waals surface area contributed by atoms with E-state index in [1.807, 2.05) is 31.2 Å². The number of anilines is 1. The first kappa shape index (κ1) is 26.3. The number of carbonyl (C=O) groups is 1. The van der Waals surface area contributed by atoms with Crippen LogP contribution in [0.15, 0.2) is 42.7 Å². The molecule has 0 spiro atoms. The molecule has 1 fully saturated rings. The number of aromatic nitrogens is 3. The fourth-order valence-electron chi connectivity index (χ4n) is 4.57. The molecular weight excluding hydrogens is 524 g/mol. The summed E-state index contributed by atoms with van der Waals surface area (Å²) in [7, 11) is 1.55. The van der Waals surface area contributed by atoms with Gasteiger partial charge in [-0.05, 0) is 62.8 Å². The maximum Gasteiger partial charge on any atom is 0.259 e. The van der Waals surface area contributed by atoms with E-state index in [0.29, 0.717) is 39.3 Å². The topological polar surface area (TPSA) is 95.5 Å². The summed E-state index contributed by atoms with van der Waals surface area (Å²) in [6, 6.07) is 9.33. The number of hydrogen-bond acceptors (Lipinski definition) is 8. The molecule has 0 bridgehead atoms. The smallest absolute Gasteiger partial charge is 0.259 e. The molecule has 0 radical (unpaired) electrons. The number of methoxy groups -OCH3 is 1. The highest BCUT2D eigenvalue weighted by Gasteiger charge is 2.19. The van der Waals surface area contributed by atoms with E-state index in [2.05, 4.69) is 20.3 Å². The summed E-state index contributed by atoms with van der Waals surface area (Å²) in [6.45, 7) is 4.28. The van der Waals surface area contributed by atoms with E-state index in [9.17, 15) is 4.79 Å². The molecule has 4 aromatic rings. The van der Waals surface area contributed by atoms with Gasteiger partial charge in [0, 0.05) is 42.3 Å². The van der Waals surface area contributed by atoms with Crippen LogP contribution in [0.1, 0.15) is 41.7 Å². The Kier molecular flexibility index (Phi) is 8.36. The maximum absolute atomic E-state index is 13.3. The molecule has 1 aliphatic rings. The Morgan fingerprint density at radius 2 is 2.00 bits per heavy atom. The van der Waals surface area contributed by atoms with Crippen molar-refractivity contribution < 1.29 is 19.0 Å². The third-order valence-corrected chi connectivity index (χ3v) is 7.73. The molecular formula is C28H29ClN4O4S. The quantitative estimate of drug-likeness (QED) is 0.185. The van der Waals surface area contributed by atoms with Crippen LogP contribution >= 0.6 is 22.9 Å². The van der Waals surface area contributed by atoms with E-state index in [1.165, 1.54) is 17.5 Å². The van der Waals surface area contributed by atoms with E-state index in [0.717, 1.165) is 66.5 Å². The molecule has 1 aliphatic heterocycles. The van der Waals surface area contributed by atoms with Gasteiger partial charge in [0.15, 0.2) is 5.13 Å². The van der Waals surface area contributed by atoms with Crippen LogP contribution in [0.2, 0.25) is 5.15 Å². The summed E-state index contributed by atoms with van der Waals surface area (Å²) in [5.74, 6) is 1.69. The minimum absolute atomic E-state index is 0.300. The second-order valence-corrected chi connectivity index (χ2v) is 10.6. The van der Waals surface area contributed by atoms with Gasteiger partial charge in [-0.1, -0.05) is 22.9 Å². The van der Waals surface area contributed by atoms with Crippen LogP contribution in [0.3, 0.4) is 0 Å². The lowest BCUT2D eigenvalue weighted by Gasteiger charge is -2.21. The number of thiazole rings is 1. The number of nitrogens with one attached hydrogen (secondary N) is 1. The van der Waals surface area contributed by atoms with Gasteiger partial charge in [0.25, 0.3) is 5.91 Å². The Bertz CT molecular complexity index is 1440. The van der Waals surface area contributed by atoms with Gasteiger partial charge >= 0.3 is 0 Å². The standard InChI is InChI=1S/C28H29ClN4O4S/c1-17-12-20(21-14-26(29)31-16-24(21)35-2)22(15-30-17)27(34)33-28-32-23-13-19(5-6-25(23)38-28)37-9-3-4-18-7-10-36-11-8-18/h5-6,12-16,18H,3-4,7-11H2,1-2H3,(H,32,33,34). The highest BCUT2D eigenvalue weighted by molar-refractivity contribution is 7.22. The third-order valence-electron chi connectivity index (χ3n) is 6.58. The van der Waals surface area contributed by atoms with Gasteiger partial charge in [-0.15, -0.1) is 0 Å². The number of aryl methyl sites for hydroxylation is 1. The number of pyridine rings is 2. The first-order chi connectivity index (χ1) is 18.5. The molecule has 10 heteroatoms. The van der Waals surface area contributed by atoms with E-state index in [1.54, 1.807) is 19.4 Å². The van der Waals surface area contributed by atoms with Gasteiger partial charge in [-0.2, -0.15) is 0 Å². The molecule has 0 saturated carbocycles. The average Bonchev–Trinajstić information content (AvgIpc) is 3.33. The molecule has 8 nitrogen and oxygen atoms in total. The molecule has 1 N–H and O–H groups in total. The van der Waals surface area contributed by atoms with Crippen molar-refractivity contribution in [2.45, 2.75) is 32.6 Å². The van der Waals surface area contributed by atoms with E-state index in [4.69, 9.17) is 25.8 Å². The zero-order chi connectivity index (χ0) is 26.5. The van der Waals surface area contributed by atoms with E-state index in [-0.39, 0.29) is 5.91 Å². The van der Waals surface area contributed by atoms with E-state index >= 15 is 0 Å². The number of nitrogens with zero attached hydrogens (tertiary/aromatic N) is 3. The molecule has 5 rings (SSSR count). The van der Waals surface area contributed by atoms with Crippen molar-refractivity contribution in [3.05, 3.63) is 59.1 Å². The lowest BCUT2D eigenvalue weighted by molar-refractivity contribution is 0.0620. The predicted molar refractivity (Wildman–Crippen MR) is 150 cm³/mol. The molecule has 1 aromatic carbocycles. The number of rotatable bonds is 9. The number of carbonyl (C=O) groups excluding carboxylic acids is 1. The Labute approximate surface area is 230 Å². The highest BCUT2D eigenvalue weighted by atomic mass is 35.5. The monoisotopic (exact) mass is 552 g/mol. The van der Waals surface area contributed by atoms with Crippen molar-refractivity contribution >= 4 is 44.2 Å². The van der Waals surface area contributed by atoms with Gasteiger partial charge in [0.1, 0.15) is 16.7 Å². The summed E-state index contributed by atoms with van der Waals surface area (Å²) in [6.07, 6.45) is 7.54. The molecule has 4 heterocycles. The van der Waals surface area contributed by atoms with Crippen molar-refractivity contribution in [3.63, 3.8) is 0 Å². The van der Waals surface area contributed by atoms with Gasteiger partial charge < -0.3 is 14.2 Å². The maximum atomic E-state index is 13.3. The number of amides is 1. The Balaban J connectivity index is 1.28. The van der Waals surface area contributed by atoms with Gasteiger partial charge in [-0.3, -0.25) is 15.1 Å². The fourth-order valence-corrected chi connectivity index (χ4v) is 5.57. The number of fused-ring (bicyclic) bond motifs is 1. The van der Waals surface area contributed by atoms with Crippen molar-refractivity contribution in [2.75, 3.05) is 32.2 Å². The Morgan fingerprint density at radius 3 is 2.82 bits per heavy atom. The summed E-state index contributed by atoms with van der Waals surface area (Å²) >= 11 is 7.56. The lowest BCUT2D eigenvalue weighted by Crippen LogP contribution is -2.16. The summed E-state index contributed by atoms with van der Waals surface area (Å²) in [5.41, 5.74) is 3.22. The van der Waals surface area contributed by atoms with Crippen molar-refractivity contribution in [1.29, 1.82) is 0 Å². The molecule has 1 amide bonds. The lowest BCUT2D eigenvalue weighted by atomic mass is 9.95. The van der Waals surface area contributed by atoms with Crippen LogP contribution in [0, 0.1) is 12.8 Å².